The zero-order valence-corrected chi connectivity index (χ0v) is 19.5. The minimum atomic E-state index is -4.67. The molecule has 2 saturated carbocycles. The van der Waals surface area contributed by atoms with Crippen molar-refractivity contribution in [3.8, 4) is 0 Å². The van der Waals surface area contributed by atoms with Crippen molar-refractivity contribution in [3.05, 3.63) is 95.1 Å². The monoisotopic (exact) mass is 532 g/mol. The van der Waals surface area contributed by atoms with Gasteiger partial charge in [-0.05, 0) is 61.1 Å². The molecule has 0 N–H and O–H groups in total. The molecule has 0 spiro atoms. The van der Waals surface area contributed by atoms with Crippen LogP contribution < -0.4 is 0 Å². The highest BCUT2D eigenvalue weighted by Crippen LogP contribution is 2.53. The first-order valence-corrected chi connectivity index (χ1v) is 11.6. The molecule has 13 heteroatoms. The van der Waals surface area contributed by atoms with Gasteiger partial charge in [-0.1, -0.05) is 12.1 Å². The molecule has 0 amide bonds. The van der Waals surface area contributed by atoms with Crippen molar-refractivity contribution < 1.29 is 31.1 Å². The molecule has 4 aromatic rings. The normalized spacial score (nSPS) is 17.8. The van der Waals surface area contributed by atoms with E-state index in [1.54, 1.807) is 0 Å². The molecule has 2 aliphatic carbocycles. The van der Waals surface area contributed by atoms with Crippen LogP contribution >= 0.6 is 0 Å². The number of hydrogen-bond acceptors (Lipinski definition) is 5. The second kappa shape index (κ2) is 7.98. The van der Waals surface area contributed by atoms with Gasteiger partial charge in [-0.25, -0.2) is 19.3 Å². The number of alkyl halides is 6. The summed E-state index contributed by atoms with van der Waals surface area (Å²) in [5.74, 6) is -0.685. The maximum atomic E-state index is 14.0. The van der Waals surface area contributed by atoms with Crippen molar-refractivity contribution in [2.45, 2.75) is 49.1 Å². The van der Waals surface area contributed by atoms with Crippen molar-refractivity contribution in [3.63, 3.8) is 0 Å². The summed E-state index contributed by atoms with van der Waals surface area (Å²) in [4.78, 5) is 21.8. The van der Waals surface area contributed by atoms with Gasteiger partial charge in [-0.15, -0.1) is 0 Å². The third-order valence-corrected chi connectivity index (χ3v) is 7.35. The van der Waals surface area contributed by atoms with Crippen LogP contribution in [0.5, 0.6) is 0 Å². The van der Waals surface area contributed by atoms with Crippen LogP contribution in [-0.2, 0) is 23.4 Å². The smallest absolute Gasteiger partial charge is 0.289 e. The van der Waals surface area contributed by atoms with Gasteiger partial charge >= 0.3 is 12.4 Å². The van der Waals surface area contributed by atoms with E-state index in [1.807, 2.05) is 0 Å². The topological polar surface area (TPSA) is 78.5 Å². The van der Waals surface area contributed by atoms with Crippen molar-refractivity contribution >= 4 is 5.78 Å². The molecule has 2 heterocycles. The van der Waals surface area contributed by atoms with Gasteiger partial charge in [0.15, 0.2) is 5.78 Å². The average molecular weight is 532 g/mol. The van der Waals surface area contributed by atoms with Gasteiger partial charge < -0.3 is 0 Å². The summed E-state index contributed by atoms with van der Waals surface area (Å²) in [7, 11) is 0. The summed E-state index contributed by atoms with van der Waals surface area (Å²) in [6.07, 6.45) is -2.43. The Labute approximate surface area is 211 Å². The molecular formula is C25H18F6N6O. The van der Waals surface area contributed by atoms with Crippen LogP contribution in [0.3, 0.4) is 0 Å². The van der Waals surface area contributed by atoms with Crippen molar-refractivity contribution in [1.82, 2.24) is 29.5 Å². The standard InChI is InChI=1S/C25H18F6N6O/c26-24(27,28)15-1-3-17(19(9-15)22(5-6-22)36-13-32-11-34-36)21(38)18-4-2-16(25(29,30)31)10-20(18)23(7-8-23)37-14-33-12-35-37/h1-4,9-14H,5-8H2. The molecule has 6 rings (SSSR count). The molecule has 0 bridgehead atoms. The van der Waals surface area contributed by atoms with E-state index in [0.29, 0.717) is 25.7 Å². The minimum Gasteiger partial charge on any atom is -0.289 e. The van der Waals surface area contributed by atoms with Crippen LogP contribution in [0.25, 0.3) is 0 Å². The lowest BCUT2D eigenvalue weighted by Crippen LogP contribution is -2.26. The van der Waals surface area contributed by atoms with Gasteiger partial charge in [-0.3, -0.25) is 4.79 Å². The Balaban J connectivity index is 1.54. The number of halogens is 6. The average Bonchev–Trinajstić information content (AvgIpc) is 3.72. The van der Waals surface area contributed by atoms with Gasteiger partial charge in [0.25, 0.3) is 0 Å². The number of carbonyl (C=O) groups is 1. The van der Waals surface area contributed by atoms with Crippen LogP contribution in [0.15, 0.2) is 61.7 Å². The maximum absolute atomic E-state index is 14.0. The number of rotatable bonds is 6. The summed E-state index contributed by atoms with van der Waals surface area (Å²) in [5.41, 5.74) is -3.80. The van der Waals surface area contributed by atoms with Crippen LogP contribution in [0.1, 0.15) is 63.9 Å². The number of nitrogens with zero attached hydrogens (tertiary/aromatic N) is 6. The number of ketones is 1. The van der Waals surface area contributed by atoms with E-state index in [4.69, 9.17) is 0 Å². The molecule has 0 aliphatic heterocycles. The number of carbonyl (C=O) groups excluding carboxylic acids is 1. The lowest BCUT2D eigenvalue weighted by atomic mass is 9.86. The second-order valence-corrected chi connectivity index (χ2v) is 9.59. The van der Waals surface area contributed by atoms with E-state index >= 15 is 0 Å². The fourth-order valence-corrected chi connectivity index (χ4v) is 5.09. The summed E-state index contributed by atoms with van der Waals surface area (Å²) in [6.45, 7) is 0. The summed E-state index contributed by atoms with van der Waals surface area (Å²) >= 11 is 0. The highest BCUT2D eigenvalue weighted by molar-refractivity contribution is 6.11. The maximum Gasteiger partial charge on any atom is 0.416 e. The highest BCUT2D eigenvalue weighted by Gasteiger charge is 2.52. The molecule has 7 nitrogen and oxygen atoms in total. The molecule has 38 heavy (non-hydrogen) atoms. The summed E-state index contributed by atoms with van der Waals surface area (Å²) in [5, 5.41) is 8.20. The molecule has 0 radical (unpaired) electrons. The first-order chi connectivity index (χ1) is 18.0. The Morgan fingerprint density at radius 3 is 1.37 bits per heavy atom. The lowest BCUT2D eigenvalue weighted by Gasteiger charge is -2.24. The third kappa shape index (κ3) is 3.79. The molecule has 2 fully saturated rings. The van der Waals surface area contributed by atoms with Gasteiger partial charge in [0.1, 0.15) is 25.3 Å². The molecule has 0 saturated heterocycles. The fraction of sp³-hybridized carbons (Fsp3) is 0.320. The van der Waals surface area contributed by atoms with Crippen LogP contribution in [-0.4, -0.2) is 35.3 Å². The first-order valence-electron chi connectivity index (χ1n) is 11.6. The largest absolute Gasteiger partial charge is 0.416 e. The number of benzene rings is 2. The van der Waals surface area contributed by atoms with Crippen LogP contribution in [0.2, 0.25) is 0 Å². The highest BCUT2D eigenvalue weighted by atomic mass is 19.4. The molecule has 2 aromatic heterocycles. The molecule has 0 atom stereocenters. The van der Waals surface area contributed by atoms with Crippen molar-refractivity contribution in [2.24, 2.45) is 0 Å². The van der Waals surface area contributed by atoms with Gasteiger partial charge in [0.05, 0.1) is 22.2 Å². The van der Waals surface area contributed by atoms with Crippen molar-refractivity contribution in [2.75, 3.05) is 0 Å². The van der Waals surface area contributed by atoms with Crippen LogP contribution in [0, 0.1) is 0 Å². The number of hydrogen-bond donors (Lipinski definition) is 0. The van der Waals surface area contributed by atoms with Crippen LogP contribution in [0.4, 0.5) is 26.3 Å². The Morgan fingerprint density at radius 2 is 1.08 bits per heavy atom. The Morgan fingerprint density at radius 1 is 0.684 bits per heavy atom. The zero-order chi connectivity index (χ0) is 26.9. The predicted octanol–water partition coefficient (Wildman–Crippen LogP) is 5.21. The molecule has 2 aromatic carbocycles. The predicted molar refractivity (Wildman–Crippen MR) is 119 cm³/mol. The second-order valence-electron chi connectivity index (χ2n) is 9.59. The van der Waals surface area contributed by atoms with Gasteiger partial charge in [0.2, 0.25) is 0 Å². The molecular weight excluding hydrogens is 514 g/mol. The Bertz CT molecular complexity index is 1400. The summed E-state index contributed by atoms with van der Waals surface area (Å²) < 4.78 is 84.9. The van der Waals surface area contributed by atoms with E-state index in [0.717, 1.165) is 36.4 Å². The third-order valence-electron chi connectivity index (χ3n) is 7.35. The zero-order valence-electron chi connectivity index (χ0n) is 19.5. The quantitative estimate of drug-likeness (QED) is 0.252. The summed E-state index contributed by atoms with van der Waals surface area (Å²) in [6, 6.07) is 5.65. The lowest BCUT2D eigenvalue weighted by molar-refractivity contribution is -0.138. The van der Waals surface area contributed by atoms with Gasteiger partial charge in [-0.2, -0.15) is 36.5 Å². The van der Waals surface area contributed by atoms with E-state index in [2.05, 4.69) is 20.2 Å². The molecule has 2 aliphatic rings. The number of aromatic nitrogens is 6. The van der Waals surface area contributed by atoms with E-state index in [-0.39, 0.29) is 22.3 Å². The van der Waals surface area contributed by atoms with E-state index in [9.17, 15) is 31.1 Å². The Hall–Kier alpha value is -4.03. The fourth-order valence-electron chi connectivity index (χ4n) is 5.09. The molecule has 0 unspecified atom stereocenters. The Kier molecular flexibility index (Phi) is 5.11. The molecule has 196 valence electrons. The minimum absolute atomic E-state index is 0.0404. The van der Waals surface area contributed by atoms with E-state index in [1.165, 1.54) is 34.7 Å². The van der Waals surface area contributed by atoms with Gasteiger partial charge in [0, 0.05) is 11.1 Å². The van der Waals surface area contributed by atoms with Crippen molar-refractivity contribution in [1.29, 1.82) is 0 Å². The van der Waals surface area contributed by atoms with E-state index < -0.39 is 40.3 Å². The first kappa shape index (κ1) is 24.3. The SMILES string of the molecule is O=C(c1ccc(C(F)(F)F)cc1C1(n2cncn2)CC1)c1ccc(C(F)(F)F)cc1C1(n2cncn2)CC1.